The Balaban J connectivity index is 2.04. The number of thiol groups is 1. The number of carbonyl (C=O) groups excluding carboxylic acids is 2. The molecular formula is C22H14ClNO8S. The Kier molecular flexibility index (Phi) is 5.79. The highest BCUT2D eigenvalue weighted by Gasteiger charge is 2.38. The molecule has 4 rings (SSSR count). The van der Waals surface area contributed by atoms with E-state index in [0.29, 0.717) is 5.02 Å². The molecule has 0 heterocycles. The number of aliphatic carboxylic acids is 1. The zero-order valence-corrected chi connectivity index (χ0v) is 18.2. The van der Waals surface area contributed by atoms with E-state index in [-0.39, 0.29) is 28.1 Å². The minimum atomic E-state index is -3.41. The van der Waals surface area contributed by atoms with Crippen molar-refractivity contribution in [2.75, 3.05) is 10.9 Å². The van der Waals surface area contributed by atoms with E-state index < -0.39 is 52.1 Å². The maximum absolute atomic E-state index is 13.4. The van der Waals surface area contributed by atoms with Gasteiger partial charge >= 0.3 is 5.97 Å². The van der Waals surface area contributed by atoms with Gasteiger partial charge in [-0.15, -0.1) is 0 Å². The second-order valence-electron chi connectivity index (χ2n) is 6.90. The number of benzene rings is 3. The number of fused-ring (bicyclic) bond motifs is 2. The number of phenols is 1. The number of aromatic hydroxyl groups is 1. The summed E-state index contributed by atoms with van der Waals surface area (Å²) in [5, 5.41) is 20.0. The maximum atomic E-state index is 13.4. The molecule has 0 atom stereocenters. The molecule has 0 radical (unpaired) electrons. The molecular weight excluding hydrogens is 474 g/mol. The maximum Gasteiger partial charge on any atom is 0.341 e. The van der Waals surface area contributed by atoms with E-state index >= 15 is 0 Å². The first-order valence-electron chi connectivity index (χ1n) is 9.33. The van der Waals surface area contributed by atoms with E-state index in [2.05, 4.69) is 0 Å². The molecule has 0 saturated heterocycles. The molecule has 11 heteroatoms. The van der Waals surface area contributed by atoms with Gasteiger partial charge in [-0.25, -0.2) is 17.5 Å². The molecule has 33 heavy (non-hydrogen) atoms. The number of carbonyl (C=O) groups is 3. The van der Waals surface area contributed by atoms with Crippen molar-refractivity contribution in [2.45, 2.75) is 0 Å². The average Bonchev–Trinajstić information content (AvgIpc) is 2.78. The van der Waals surface area contributed by atoms with Crippen molar-refractivity contribution < 1.29 is 37.8 Å². The molecule has 0 aromatic heterocycles. The van der Waals surface area contributed by atoms with Crippen LogP contribution in [-0.4, -0.2) is 42.8 Å². The largest absolute Gasteiger partial charge is 0.504 e. The van der Waals surface area contributed by atoms with Gasteiger partial charge in [-0.2, -0.15) is 0 Å². The summed E-state index contributed by atoms with van der Waals surface area (Å²) in [5.41, 5.74) is -0.982. The lowest BCUT2D eigenvalue weighted by Crippen LogP contribution is -2.26. The van der Waals surface area contributed by atoms with E-state index in [9.17, 15) is 27.9 Å². The van der Waals surface area contributed by atoms with Crippen LogP contribution in [0.3, 0.4) is 0 Å². The number of anilines is 2. The highest BCUT2D eigenvalue weighted by atomic mass is 35.5. The summed E-state index contributed by atoms with van der Waals surface area (Å²) in [6.45, 7) is -0.880. The van der Waals surface area contributed by atoms with Crippen LogP contribution in [0.1, 0.15) is 31.8 Å². The topological polar surface area (TPSA) is 138 Å². The zero-order valence-electron chi connectivity index (χ0n) is 16.5. The number of ether oxygens (including phenoxy) is 1. The van der Waals surface area contributed by atoms with Crippen molar-refractivity contribution in [1.29, 1.82) is 0 Å². The summed E-state index contributed by atoms with van der Waals surface area (Å²) < 4.78 is 30.5. The molecule has 0 fully saturated rings. The van der Waals surface area contributed by atoms with Gasteiger partial charge in [0.05, 0.1) is 22.5 Å². The average molecular weight is 488 g/mol. The third-order valence-corrected chi connectivity index (χ3v) is 5.95. The molecule has 0 unspecified atom stereocenters. The first-order valence-corrected chi connectivity index (χ1v) is 10.8. The number of rotatable bonds is 6. The van der Waals surface area contributed by atoms with Gasteiger partial charge in [0.1, 0.15) is 0 Å². The molecule has 0 aliphatic heterocycles. The lowest BCUT2D eigenvalue weighted by Gasteiger charge is -2.27. The van der Waals surface area contributed by atoms with Crippen LogP contribution in [-0.2, 0) is 15.7 Å². The van der Waals surface area contributed by atoms with Crippen molar-refractivity contribution in [1.82, 2.24) is 0 Å². The van der Waals surface area contributed by atoms with Crippen LogP contribution < -0.4 is 9.04 Å². The number of phenolic OH excluding ortho intramolecular Hbond substituents is 1. The molecule has 9 nitrogen and oxygen atoms in total. The van der Waals surface area contributed by atoms with E-state index in [0.717, 1.165) is 10.4 Å². The van der Waals surface area contributed by atoms with Crippen LogP contribution in [0.15, 0.2) is 54.6 Å². The predicted octanol–water partition coefficient (Wildman–Crippen LogP) is 2.95. The van der Waals surface area contributed by atoms with Crippen LogP contribution in [0, 0.1) is 0 Å². The van der Waals surface area contributed by atoms with Gasteiger partial charge in [0, 0.05) is 22.2 Å². The van der Waals surface area contributed by atoms with Gasteiger partial charge in [0.2, 0.25) is 10.9 Å². The summed E-state index contributed by atoms with van der Waals surface area (Å²) in [6, 6.07) is 12.5. The molecule has 3 aromatic rings. The van der Waals surface area contributed by atoms with E-state index in [1.807, 2.05) is 0 Å². The number of carboxylic acid groups (broad SMARTS) is 1. The summed E-state index contributed by atoms with van der Waals surface area (Å²) in [6.07, 6.45) is 0. The fourth-order valence-corrected chi connectivity index (χ4v) is 4.34. The molecule has 168 valence electrons. The van der Waals surface area contributed by atoms with Gasteiger partial charge in [-0.05, 0) is 24.3 Å². The Hall–Kier alpha value is -3.89. The van der Waals surface area contributed by atoms with Crippen LogP contribution in [0.2, 0.25) is 5.02 Å². The summed E-state index contributed by atoms with van der Waals surface area (Å²) >= 11 is 5.90. The highest BCUT2D eigenvalue weighted by molar-refractivity contribution is 7.74. The van der Waals surface area contributed by atoms with E-state index in [4.69, 9.17) is 21.4 Å². The first-order chi connectivity index (χ1) is 15.7. The number of ketones is 2. The number of hydrogen-bond donors (Lipinski definition) is 3. The quantitative estimate of drug-likeness (QED) is 0.353. The Labute approximate surface area is 193 Å². The van der Waals surface area contributed by atoms with Gasteiger partial charge in [0.15, 0.2) is 29.7 Å². The van der Waals surface area contributed by atoms with Crippen molar-refractivity contribution in [3.63, 3.8) is 0 Å². The number of hydrogen-bond acceptors (Lipinski definition) is 7. The van der Waals surface area contributed by atoms with Crippen LogP contribution in [0.4, 0.5) is 11.4 Å². The predicted molar refractivity (Wildman–Crippen MR) is 118 cm³/mol. The van der Waals surface area contributed by atoms with Gasteiger partial charge in [-0.3, -0.25) is 9.59 Å². The van der Waals surface area contributed by atoms with Crippen molar-refractivity contribution in [3.8, 4) is 11.5 Å². The lowest BCUT2D eigenvalue weighted by atomic mass is 9.82. The first kappa shape index (κ1) is 22.3. The van der Waals surface area contributed by atoms with Gasteiger partial charge < -0.3 is 14.9 Å². The van der Waals surface area contributed by atoms with Gasteiger partial charge in [-0.1, -0.05) is 35.9 Å². The molecule has 2 N–H and O–H groups in total. The molecule has 0 amide bonds. The van der Waals surface area contributed by atoms with Crippen molar-refractivity contribution in [2.24, 2.45) is 0 Å². The lowest BCUT2D eigenvalue weighted by molar-refractivity contribution is -0.139. The fourth-order valence-electron chi connectivity index (χ4n) is 3.55. The summed E-state index contributed by atoms with van der Waals surface area (Å²) in [4.78, 5) is 37.6. The Morgan fingerprint density at radius 1 is 0.970 bits per heavy atom. The Morgan fingerprint density at radius 3 is 2.09 bits per heavy atom. The Bertz CT molecular complexity index is 1390. The number of halogens is 1. The van der Waals surface area contributed by atoms with Gasteiger partial charge in [0.25, 0.3) is 0 Å². The fraction of sp³-hybridized carbons (Fsp3) is 0.0455. The third-order valence-electron chi connectivity index (χ3n) is 4.93. The highest BCUT2D eigenvalue weighted by Crippen LogP contribution is 2.45. The smallest absolute Gasteiger partial charge is 0.341 e. The minimum absolute atomic E-state index is 0.0104. The zero-order chi connectivity index (χ0) is 23.9. The number of nitrogens with zero attached hydrogens (tertiary/aromatic N) is 1. The normalized spacial score (nSPS) is 12.3. The van der Waals surface area contributed by atoms with E-state index in [1.54, 1.807) is 6.07 Å². The molecule has 1 aliphatic rings. The molecule has 3 aromatic carbocycles. The Morgan fingerprint density at radius 2 is 1.55 bits per heavy atom. The molecule has 1 aliphatic carbocycles. The molecule has 0 spiro atoms. The van der Waals surface area contributed by atoms with Crippen LogP contribution in [0.5, 0.6) is 11.5 Å². The SMILES string of the molecule is O=C(O)COc1cc(N(c2ccc(Cl)cc2)[SH](=O)=O)c2c(c1O)C(=O)c1ccccc1C2=O. The number of carboxylic acids is 1. The van der Waals surface area contributed by atoms with Crippen LogP contribution in [0.25, 0.3) is 0 Å². The monoisotopic (exact) mass is 487 g/mol. The third kappa shape index (κ3) is 3.90. The van der Waals surface area contributed by atoms with E-state index in [1.165, 1.54) is 42.5 Å². The molecule has 0 saturated carbocycles. The second-order valence-corrected chi connectivity index (χ2v) is 8.22. The van der Waals surface area contributed by atoms with Crippen molar-refractivity contribution in [3.05, 3.63) is 81.9 Å². The molecule has 0 bridgehead atoms. The second kappa shape index (κ2) is 8.57. The summed E-state index contributed by atoms with van der Waals surface area (Å²) in [5.74, 6) is -4.03. The van der Waals surface area contributed by atoms with Crippen LogP contribution >= 0.6 is 11.6 Å². The van der Waals surface area contributed by atoms with Crippen molar-refractivity contribution >= 4 is 51.4 Å². The minimum Gasteiger partial charge on any atom is -0.504 e. The standard InChI is InChI=1S/C22H14ClNO8S/c23-11-5-7-12(8-6-11)24(33(30)31)15-9-16(32-10-17(25)26)22(29)19-18(15)20(27)13-3-1-2-4-14(13)21(19)28/h1-9,29,33H,10H2,(H,25,26). The summed E-state index contributed by atoms with van der Waals surface area (Å²) in [7, 11) is -3.41.